The fraction of sp³-hybridized carbons (Fsp3) is 0.333. The Morgan fingerprint density at radius 2 is 2.03 bits per heavy atom. The van der Waals surface area contributed by atoms with Crippen molar-refractivity contribution in [2.24, 2.45) is 0 Å². The van der Waals surface area contributed by atoms with Gasteiger partial charge in [0.15, 0.2) is 0 Å². The summed E-state index contributed by atoms with van der Waals surface area (Å²) in [7, 11) is 0. The van der Waals surface area contributed by atoms with E-state index in [1.165, 1.54) is 11.5 Å². The van der Waals surface area contributed by atoms with Crippen LogP contribution >= 0.6 is 23.1 Å². The van der Waals surface area contributed by atoms with E-state index < -0.39 is 0 Å². The number of nitrogens with zero attached hydrogens (tertiary/aromatic N) is 3. The summed E-state index contributed by atoms with van der Waals surface area (Å²) in [6, 6.07) is 11.8. The molecule has 2 aromatic carbocycles. The molecule has 0 saturated carbocycles. The number of anilines is 1. The molecule has 0 bridgehead atoms. The van der Waals surface area contributed by atoms with Crippen LogP contribution in [0.15, 0.2) is 36.4 Å². The summed E-state index contributed by atoms with van der Waals surface area (Å²) in [5.74, 6) is 0.674. The van der Waals surface area contributed by atoms with Gasteiger partial charge >= 0.3 is 0 Å². The van der Waals surface area contributed by atoms with Crippen molar-refractivity contribution in [2.75, 3.05) is 38.0 Å². The molecule has 6 nitrogen and oxygen atoms in total. The third-order valence-corrected chi connectivity index (χ3v) is 7.06. The number of quaternary nitrogens is 1. The first-order chi connectivity index (χ1) is 14.0. The van der Waals surface area contributed by atoms with Crippen LogP contribution in [0.2, 0.25) is 5.02 Å². The topological polar surface area (TPSA) is 68.3 Å². The van der Waals surface area contributed by atoms with Gasteiger partial charge in [0.25, 0.3) is 0 Å². The summed E-state index contributed by atoms with van der Waals surface area (Å²) in [6.07, 6.45) is 1.22. The molecule has 0 unspecified atom stereocenters. The number of nitrogens with one attached hydrogen (secondary N) is 1. The highest BCUT2D eigenvalue weighted by atomic mass is 35.5. The predicted octanol–water partition coefficient (Wildman–Crippen LogP) is 3.81. The standard InChI is InChI=1S/C21H21ClN4O2S/c22-17-13-18-15(12-20(27)23-18)11-14(17)5-6-25-7-9-26(28,10-8-25)21-16-3-1-2-4-19(16)29-24-21/h1-4,11,13H,5-10,12H2,(H,23,27). The second-order valence-electron chi connectivity index (χ2n) is 7.76. The van der Waals surface area contributed by atoms with Crippen LogP contribution in [-0.4, -0.2) is 47.9 Å². The minimum absolute atomic E-state index is 0.0170. The number of aromatic nitrogens is 1. The summed E-state index contributed by atoms with van der Waals surface area (Å²) < 4.78 is 5.21. The number of hydrogen-bond donors (Lipinski definition) is 1. The zero-order valence-corrected chi connectivity index (χ0v) is 17.4. The van der Waals surface area contributed by atoms with Crippen LogP contribution in [0.4, 0.5) is 11.5 Å². The van der Waals surface area contributed by atoms with Gasteiger partial charge in [0.2, 0.25) is 11.7 Å². The number of hydrogen-bond acceptors (Lipinski definition) is 5. The summed E-state index contributed by atoms with van der Waals surface area (Å²) in [5.41, 5.74) is 2.89. The third kappa shape index (κ3) is 3.53. The number of halogens is 1. The Morgan fingerprint density at radius 1 is 1.24 bits per heavy atom. The number of piperazine rings is 1. The SMILES string of the molecule is O=C1Cc2cc(CCN3CC[N+]([O-])(c4nsc5ccccc45)CC3)c(Cl)cc2N1. The molecule has 1 aromatic heterocycles. The number of carbonyl (C=O) groups excluding carboxylic acids is 1. The first-order valence-electron chi connectivity index (χ1n) is 9.78. The summed E-state index contributed by atoms with van der Waals surface area (Å²) in [6.45, 7) is 3.32. The van der Waals surface area contributed by atoms with Crippen LogP contribution in [0, 0.1) is 5.21 Å². The molecule has 150 valence electrons. The number of benzene rings is 2. The molecule has 2 aliphatic rings. The molecule has 1 N–H and O–H groups in total. The lowest BCUT2D eigenvalue weighted by Gasteiger charge is -2.46. The minimum Gasteiger partial charge on any atom is -0.626 e. The fourth-order valence-electron chi connectivity index (χ4n) is 4.20. The highest BCUT2D eigenvalue weighted by molar-refractivity contribution is 7.13. The largest absolute Gasteiger partial charge is 0.626 e. The van der Waals surface area contributed by atoms with Crippen molar-refractivity contribution in [3.8, 4) is 0 Å². The van der Waals surface area contributed by atoms with Gasteiger partial charge in [0.05, 0.1) is 29.6 Å². The fourth-order valence-corrected chi connectivity index (χ4v) is 5.29. The minimum atomic E-state index is -0.353. The van der Waals surface area contributed by atoms with E-state index in [0.29, 0.717) is 30.4 Å². The van der Waals surface area contributed by atoms with Gasteiger partial charge in [-0.1, -0.05) is 29.8 Å². The Labute approximate surface area is 178 Å². The first-order valence-corrected chi connectivity index (χ1v) is 10.9. The Bertz CT molecular complexity index is 1090. The number of carbonyl (C=O) groups is 1. The van der Waals surface area contributed by atoms with Crippen LogP contribution in [0.5, 0.6) is 0 Å². The van der Waals surface area contributed by atoms with E-state index in [0.717, 1.165) is 53.0 Å². The van der Waals surface area contributed by atoms with Gasteiger partial charge < -0.3 is 15.2 Å². The van der Waals surface area contributed by atoms with Crippen molar-refractivity contribution in [3.05, 3.63) is 57.8 Å². The molecule has 0 radical (unpaired) electrons. The van der Waals surface area contributed by atoms with E-state index in [-0.39, 0.29) is 10.6 Å². The monoisotopic (exact) mass is 428 g/mol. The van der Waals surface area contributed by atoms with E-state index in [1.54, 1.807) is 0 Å². The Kier molecular flexibility index (Phi) is 4.80. The maximum atomic E-state index is 13.4. The van der Waals surface area contributed by atoms with Crippen LogP contribution < -0.4 is 9.96 Å². The number of rotatable bonds is 4. The quantitative estimate of drug-likeness (QED) is 0.507. The van der Waals surface area contributed by atoms with Gasteiger partial charge in [-0.2, -0.15) is 0 Å². The van der Waals surface area contributed by atoms with Gasteiger partial charge in [-0.05, 0) is 47.3 Å². The molecule has 1 fully saturated rings. The first kappa shape index (κ1) is 19.0. The molecule has 2 aliphatic heterocycles. The second kappa shape index (κ2) is 7.34. The second-order valence-corrected chi connectivity index (χ2v) is 8.97. The molecule has 1 saturated heterocycles. The Balaban J connectivity index is 1.24. The lowest BCUT2D eigenvalue weighted by Crippen LogP contribution is -2.57. The molecule has 0 atom stereocenters. The number of hydroxylamine groups is 2. The molecule has 3 heterocycles. The lowest BCUT2D eigenvalue weighted by molar-refractivity contribution is -0.115. The van der Waals surface area contributed by atoms with E-state index >= 15 is 0 Å². The van der Waals surface area contributed by atoms with Crippen LogP contribution in [0.25, 0.3) is 10.1 Å². The van der Waals surface area contributed by atoms with Gasteiger partial charge in [-0.15, -0.1) is 4.37 Å². The average Bonchev–Trinajstić information content (AvgIpc) is 3.30. The van der Waals surface area contributed by atoms with Crippen molar-refractivity contribution in [3.63, 3.8) is 0 Å². The third-order valence-electron chi connectivity index (χ3n) is 5.89. The van der Waals surface area contributed by atoms with Crippen LogP contribution in [0.1, 0.15) is 11.1 Å². The van der Waals surface area contributed by atoms with Crippen LogP contribution in [-0.2, 0) is 17.6 Å². The molecule has 0 spiro atoms. The molecule has 5 rings (SSSR count). The van der Waals surface area contributed by atoms with Crippen molar-refractivity contribution in [1.29, 1.82) is 0 Å². The Hall–Kier alpha value is -2.03. The van der Waals surface area contributed by atoms with E-state index in [2.05, 4.69) is 14.6 Å². The molecule has 0 aliphatic carbocycles. The molecule has 1 amide bonds. The van der Waals surface area contributed by atoms with Crippen molar-refractivity contribution in [2.45, 2.75) is 12.8 Å². The summed E-state index contributed by atoms with van der Waals surface area (Å²) >= 11 is 7.81. The van der Waals surface area contributed by atoms with Crippen LogP contribution in [0.3, 0.4) is 0 Å². The van der Waals surface area contributed by atoms with E-state index in [4.69, 9.17) is 11.6 Å². The highest BCUT2D eigenvalue weighted by Crippen LogP contribution is 2.34. The van der Waals surface area contributed by atoms with E-state index in [1.807, 2.05) is 36.4 Å². The smallest absolute Gasteiger partial charge is 0.247 e. The number of fused-ring (bicyclic) bond motifs is 2. The predicted molar refractivity (Wildman–Crippen MR) is 118 cm³/mol. The molecule has 29 heavy (non-hydrogen) atoms. The highest BCUT2D eigenvalue weighted by Gasteiger charge is 2.31. The van der Waals surface area contributed by atoms with Crippen molar-refractivity contribution < 1.29 is 4.79 Å². The molecule has 8 heteroatoms. The Morgan fingerprint density at radius 3 is 2.86 bits per heavy atom. The number of amides is 1. The van der Waals surface area contributed by atoms with Gasteiger partial charge in [0.1, 0.15) is 0 Å². The van der Waals surface area contributed by atoms with Crippen molar-refractivity contribution in [1.82, 2.24) is 13.9 Å². The maximum absolute atomic E-state index is 13.4. The van der Waals surface area contributed by atoms with Gasteiger partial charge in [0, 0.05) is 30.3 Å². The zero-order valence-electron chi connectivity index (χ0n) is 15.9. The van der Waals surface area contributed by atoms with E-state index in [9.17, 15) is 10.0 Å². The van der Waals surface area contributed by atoms with Gasteiger partial charge in [-0.3, -0.25) is 9.69 Å². The molecule has 3 aromatic rings. The molecular formula is C21H21ClN4O2S. The summed E-state index contributed by atoms with van der Waals surface area (Å²) in [5, 5.41) is 17.9. The van der Waals surface area contributed by atoms with Crippen molar-refractivity contribution >= 4 is 50.6 Å². The van der Waals surface area contributed by atoms with Gasteiger partial charge in [-0.25, -0.2) is 0 Å². The zero-order chi connectivity index (χ0) is 20.0. The maximum Gasteiger partial charge on any atom is 0.247 e. The normalized spacial score (nSPS) is 18.8. The average molecular weight is 429 g/mol. The lowest BCUT2D eigenvalue weighted by atomic mass is 10.1. The summed E-state index contributed by atoms with van der Waals surface area (Å²) in [4.78, 5) is 13.9. The molecular weight excluding hydrogens is 408 g/mol.